The van der Waals surface area contributed by atoms with Gasteiger partial charge in [-0.15, -0.1) is 11.3 Å². The van der Waals surface area contributed by atoms with Crippen molar-refractivity contribution in [3.8, 4) is 17.2 Å². The van der Waals surface area contributed by atoms with E-state index in [9.17, 15) is 9.59 Å². The Balaban J connectivity index is 1.20. The Bertz CT molecular complexity index is 1730. The fourth-order valence-electron chi connectivity index (χ4n) is 4.94. The van der Waals surface area contributed by atoms with E-state index in [2.05, 4.69) is 5.32 Å². The van der Waals surface area contributed by atoms with Crippen molar-refractivity contribution < 1.29 is 14.3 Å². The summed E-state index contributed by atoms with van der Waals surface area (Å²) in [6.45, 7) is 0.476. The molecule has 0 fully saturated rings. The number of hydrogen-bond acceptors (Lipinski definition) is 7. The SMILES string of the molecule is COc1ccc(-n2c(SCC(=O)Nc3ccc(OCc4ccccc4)cc3)nc3sc4c(c3c2=O)CCCC4)cc1. The molecular weight excluding hydrogens is 555 g/mol. The zero-order valence-corrected chi connectivity index (χ0v) is 24.2. The topological polar surface area (TPSA) is 82.4 Å². The second kappa shape index (κ2) is 12.2. The van der Waals surface area contributed by atoms with Gasteiger partial charge in [-0.05, 0) is 85.3 Å². The Labute approximate surface area is 246 Å². The molecule has 0 unspecified atom stereocenters. The van der Waals surface area contributed by atoms with Crippen LogP contribution in [0.1, 0.15) is 28.8 Å². The number of carbonyl (C=O) groups excluding carboxylic acids is 1. The molecule has 208 valence electrons. The van der Waals surface area contributed by atoms with E-state index in [0.29, 0.717) is 34.3 Å². The monoisotopic (exact) mass is 583 g/mol. The molecule has 1 aliphatic rings. The van der Waals surface area contributed by atoms with E-state index in [0.717, 1.165) is 47.4 Å². The number of benzene rings is 3. The number of thiophene rings is 1. The molecule has 2 heterocycles. The van der Waals surface area contributed by atoms with Crippen molar-refractivity contribution in [1.82, 2.24) is 9.55 Å². The summed E-state index contributed by atoms with van der Waals surface area (Å²) in [5.74, 6) is 1.34. The molecule has 0 atom stereocenters. The third kappa shape index (κ3) is 6.01. The number of rotatable bonds is 9. The van der Waals surface area contributed by atoms with Gasteiger partial charge in [-0.25, -0.2) is 4.98 Å². The lowest BCUT2D eigenvalue weighted by Gasteiger charge is -2.14. The van der Waals surface area contributed by atoms with Crippen LogP contribution in [0.25, 0.3) is 15.9 Å². The number of nitrogens with zero attached hydrogens (tertiary/aromatic N) is 2. The predicted molar refractivity (Wildman–Crippen MR) is 165 cm³/mol. The summed E-state index contributed by atoms with van der Waals surface area (Å²) in [6.07, 6.45) is 4.10. The molecule has 3 aromatic carbocycles. The van der Waals surface area contributed by atoms with Gasteiger partial charge in [-0.2, -0.15) is 0 Å². The van der Waals surface area contributed by atoms with Gasteiger partial charge >= 0.3 is 0 Å². The average molecular weight is 584 g/mol. The van der Waals surface area contributed by atoms with Crippen LogP contribution < -0.4 is 20.3 Å². The Morgan fingerprint density at radius 1 is 0.976 bits per heavy atom. The van der Waals surface area contributed by atoms with E-state index in [1.807, 2.05) is 78.9 Å². The summed E-state index contributed by atoms with van der Waals surface area (Å²) in [5.41, 5.74) is 3.50. The Morgan fingerprint density at radius 2 is 1.71 bits per heavy atom. The number of aromatic nitrogens is 2. The molecule has 0 aliphatic heterocycles. The van der Waals surface area contributed by atoms with Crippen molar-refractivity contribution in [3.05, 3.63) is 105 Å². The minimum Gasteiger partial charge on any atom is -0.497 e. The highest BCUT2D eigenvalue weighted by molar-refractivity contribution is 7.99. The molecule has 1 N–H and O–H groups in total. The molecule has 0 spiro atoms. The maximum absolute atomic E-state index is 13.9. The number of hydrogen-bond donors (Lipinski definition) is 1. The minimum absolute atomic E-state index is 0.0893. The Morgan fingerprint density at radius 3 is 2.46 bits per heavy atom. The number of ether oxygens (including phenoxy) is 2. The second-order valence-electron chi connectivity index (χ2n) is 9.76. The summed E-state index contributed by atoms with van der Waals surface area (Å²) in [6, 6.07) is 24.6. The van der Waals surface area contributed by atoms with Crippen molar-refractivity contribution in [3.63, 3.8) is 0 Å². The zero-order chi connectivity index (χ0) is 28.2. The van der Waals surface area contributed by atoms with Gasteiger partial charge in [0, 0.05) is 10.6 Å². The van der Waals surface area contributed by atoms with Gasteiger partial charge in [0.2, 0.25) is 5.91 Å². The lowest BCUT2D eigenvalue weighted by Crippen LogP contribution is -2.23. The molecule has 41 heavy (non-hydrogen) atoms. The zero-order valence-electron chi connectivity index (χ0n) is 22.6. The first-order chi connectivity index (χ1) is 20.1. The fraction of sp³-hybridized carbons (Fsp3) is 0.219. The lowest BCUT2D eigenvalue weighted by atomic mass is 9.97. The minimum atomic E-state index is -0.186. The normalized spacial score (nSPS) is 12.6. The molecule has 1 aliphatic carbocycles. The quantitative estimate of drug-likeness (QED) is 0.155. The van der Waals surface area contributed by atoms with Crippen LogP contribution in [-0.2, 0) is 24.2 Å². The van der Waals surface area contributed by atoms with Gasteiger partial charge in [-0.3, -0.25) is 14.2 Å². The summed E-state index contributed by atoms with van der Waals surface area (Å²) in [5, 5.41) is 4.14. The van der Waals surface area contributed by atoms with Crippen LogP contribution in [0.3, 0.4) is 0 Å². The van der Waals surface area contributed by atoms with Crippen LogP contribution in [0.2, 0.25) is 0 Å². The molecule has 2 aromatic heterocycles. The number of methoxy groups -OCH3 is 1. The predicted octanol–water partition coefficient (Wildman–Crippen LogP) is 6.64. The highest BCUT2D eigenvalue weighted by atomic mass is 32.2. The molecule has 9 heteroatoms. The van der Waals surface area contributed by atoms with E-state index in [1.165, 1.54) is 16.6 Å². The van der Waals surface area contributed by atoms with Gasteiger partial charge < -0.3 is 14.8 Å². The summed E-state index contributed by atoms with van der Waals surface area (Å²) < 4.78 is 12.8. The fourth-order valence-corrected chi connectivity index (χ4v) is 7.06. The van der Waals surface area contributed by atoms with E-state index >= 15 is 0 Å². The van der Waals surface area contributed by atoms with Gasteiger partial charge in [-0.1, -0.05) is 42.1 Å². The first-order valence-electron chi connectivity index (χ1n) is 13.5. The standard InChI is InChI=1S/C32H29N3O4S2/c1-38-24-17-13-23(14-18-24)35-31(37)29-26-9-5-6-10-27(26)41-30(29)34-32(35)40-20-28(36)33-22-11-15-25(16-12-22)39-19-21-7-3-2-4-8-21/h2-4,7-8,11-18H,5-6,9-10,19-20H2,1H3,(H,33,36). The molecular formula is C32H29N3O4S2. The van der Waals surface area contributed by atoms with Crippen LogP contribution >= 0.6 is 23.1 Å². The van der Waals surface area contributed by atoms with Gasteiger partial charge in [0.15, 0.2) is 5.16 Å². The highest BCUT2D eigenvalue weighted by Crippen LogP contribution is 2.35. The molecule has 0 bridgehead atoms. The summed E-state index contributed by atoms with van der Waals surface area (Å²) in [4.78, 5) is 33.8. The average Bonchev–Trinajstić information content (AvgIpc) is 3.39. The maximum Gasteiger partial charge on any atom is 0.267 e. The van der Waals surface area contributed by atoms with E-state index in [1.54, 1.807) is 23.0 Å². The van der Waals surface area contributed by atoms with Crippen LogP contribution in [0.15, 0.2) is 88.8 Å². The van der Waals surface area contributed by atoms with Gasteiger partial charge in [0.05, 0.1) is 23.9 Å². The van der Waals surface area contributed by atoms with Crippen molar-refractivity contribution >= 4 is 44.9 Å². The number of carbonyl (C=O) groups is 1. The molecule has 0 saturated carbocycles. The van der Waals surface area contributed by atoms with Crippen molar-refractivity contribution in [2.75, 3.05) is 18.2 Å². The van der Waals surface area contributed by atoms with Crippen LogP contribution in [0.5, 0.6) is 11.5 Å². The van der Waals surface area contributed by atoms with Gasteiger partial charge in [0.25, 0.3) is 5.56 Å². The maximum atomic E-state index is 13.9. The Hall–Kier alpha value is -4.08. The van der Waals surface area contributed by atoms with Crippen LogP contribution in [0.4, 0.5) is 5.69 Å². The summed E-state index contributed by atoms with van der Waals surface area (Å²) >= 11 is 2.86. The number of anilines is 1. The number of nitrogens with one attached hydrogen (secondary N) is 1. The number of aryl methyl sites for hydroxylation is 2. The number of thioether (sulfide) groups is 1. The van der Waals surface area contributed by atoms with E-state index in [4.69, 9.17) is 14.5 Å². The summed E-state index contributed by atoms with van der Waals surface area (Å²) in [7, 11) is 1.61. The largest absolute Gasteiger partial charge is 0.497 e. The third-order valence-electron chi connectivity index (χ3n) is 7.01. The molecule has 0 radical (unpaired) electrons. The second-order valence-corrected chi connectivity index (χ2v) is 11.8. The van der Waals surface area contributed by atoms with Crippen molar-refractivity contribution in [1.29, 1.82) is 0 Å². The van der Waals surface area contributed by atoms with E-state index in [-0.39, 0.29) is 17.2 Å². The first kappa shape index (κ1) is 27.1. The smallest absolute Gasteiger partial charge is 0.267 e. The lowest BCUT2D eigenvalue weighted by molar-refractivity contribution is -0.113. The third-order valence-corrected chi connectivity index (χ3v) is 9.13. The molecule has 5 aromatic rings. The molecule has 6 rings (SSSR count). The molecule has 7 nitrogen and oxygen atoms in total. The van der Waals surface area contributed by atoms with Crippen molar-refractivity contribution in [2.45, 2.75) is 37.4 Å². The van der Waals surface area contributed by atoms with Gasteiger partial charge in [0.1, 0.15) is 22.9 Å². The van der Waals surface area contributed by atoms with E-state index < -0.39 is 0 Å². The van der Waals surface area contributed by atoms with Crippen LogP contribution in [0, 0.1) is 0 Å². The van der Waals surface area contributed by atoms with Crippen LogP contribution in [-0.4, -0.2) is 28.3 Å². The molecule has 1 amide bonds. The highest BCUT2D eigenvalue weighted by Gasteiger charge is 2.23. The first-order valence-corrected chi connectivity index (χ1v) is 15.3. The van der Waals surface area contributed by atoms with Crippen molar-refractivity contribution in [2.24, 2.45) is 0 Å². The number of fused-ring (bicyclic) bond motifs is 3. The molecule has 0 saturated heterocycles. The number of amides is 1. The Kier molecular flexibility index (Phi) is 8.07.